The Kier molecular flexibility index (Phi) is 2.87. The zero-order valence-electron chi connectivity index (χ0n) is 8.65. The van der Waals surface area contributed by atoms with Crippen LogP contribution in [0.25, 0.3) is 11.1 Å². The van der Waals surface area contributed by atoms with Gasteiger partial charge < -0.3 is 5.11 Å². The van der Waals surface area contributed by atoms with Crippen LogP contribution in [0.2, 0.25) is 0 Å². The van der Waals surface area contributed by atoms with E-state index in [1.54, 1.807) is 0 Å². The SMILES string of the molecule is O=Cc1ccc(F)c(-c2cc(F)ccc2O)c1. The maximum atomic E-state index is 13.6. The Morgan fingerprint density at radius 1 is 1.00 bits per heavy atom. The second-order valence-electron chi connectivity index (χ2n) is 3.52. The summed E-state index contributed by atoms with van der Waals surface area (Å²) in [6.07, 6.45) is 0.555. The summed E-state index contributed by atoms with van der Waals surface area (Å²) in [7, 11) is 0. The maximum Gasteiger partial charge on any atom is 0.150 e. The Morgan fingerprint density at radius 3 is 2.47 bits per heavy atom. The molecule has 2 rings (SSSR count). The number of rotatable bonds is 2. The molecule has 0 saturated heterocycles. The van der Waals surface area contributed by atoms with E-state index in [0.717, 1.165) is 24.3 Å². The van der Waals surface area contributed by atoms with Crippen LogP contribution < -0.4 is 0 Å². The highest BCUT2D eigenvalue weighted by molar-refractivity contribution is 5.80. The van der Waals surface area contributed by atoms with Crippen molar-refractivity contribution in [1.82, 2.24) is 0 Å². The molecule has 1 N–H and O–H groups in total. The average molecular weight is 234 g/mol. The lowest BCUT2D eigenvalue weighted by molar-refractivity contribution is 0.112. The van der Waals surface area contributed by atoms with E-state index in [2.05, 4.69) is 0 Å². The number of aldehydes is 1. The molecule has 0 unspecified atom stereocenters. The second kappa shape index (κ2) is 4.33. The average Bonchev–Trinajstić information content (AvgIpc) is 2.33. The van der Waals surface area contributed by atoms with Gasteiger partial charge in [0.15, 0.2) is 0 Å². The fourth-order valence-electron chi connectivity index (χ4n) is 1.55. The molecule has 0 saturated carbocycles. The van der Waals surface area contributed by atoms with E-state index in [-0.39, 0.29) is 22.4 Å². The Balaban J connectivity index is 2.66. The molecule has 4 heteroatoms. The number of carbonyl (C=O) groups excluding carboxylic acids is 1. The molecule has 17 heavy (non-hydrogen) atoms. The summed E-state index contributed by atoms with van der Waals surface area (Å²) < 4.78 is 26.6. The van der Waals surface area contributed by atoms with Gasteiger partial charge >= 0.3 is 0 Å². The summed E-state index contributed by atoms with van der Waals surface area (Å²) in [4.78, 5) is 10.6. The first-order valence-electron chi connectivity index (χ1n) is 4.85. The van der Waals surface area contributed by atoms with E-state index in [0.29, 0.717) is 6.29 Å². The minimum atomic E-state index is -0.628. The summed E-state index contributed by atoms with van der Waals surface area (Å²) in [5.41, 5.74) is 0.267. The van der Waals surface area contributed by atoms with E-state index < -0.39 is 11.6 Å². The fraction of sp³-hybridized carbons (Fsp3) is 0. The van der Waals surface area contributed by atoms with Gasteiger partial charge in [-0.15, -0.1) is 0 Å². The number of aromatic hydroxyl groups is 1. The third-order valence-electron chi connectivity index (χ3n) is 2.38. The van der Waals surface area contributed by atoms with E-state index in [9.17, 15) is 18.7 Å². The third kappa shape index (κ3) is 2.15. The molecule has 0 radical (unpaired) electrons. The van der Waals surface area contributed by atoms with Gasteiger partial charge in [0.05, 0.1) is 0 Å². The molecule has 0 aliphatic carbocycles. The van der Waals surface area contributed by atoms with Crippen molar-refractivity contribution in [2.45, 2.75) is 0 Å². The summed E-state index contributed by atoms with van der Waals surface area (Å²) >= 11 is 0. The number of benzene rings is 2. The van der Waals surface area contributed by atoms with Gasteiger partial charge in [0, 0.05) is 16.7 Å². The minimum Gasteiger partial charge on any atom is -0.507 e. The molecule has 2 aromatic carbocycles. The quantitative estimate of drug-likeness (QED) is 0.810. The molecule has 0 heterocycles. The molecular formula is C13H8F2O2. The van der Waals surface area contributed by atoms with Gasteiger partial charge in [-0.05, 0) is 36.4 Å². The Bertz CT molecular complexity index is 580. The van der Waals surface area contributed by atoms with Crippen molar-refractivity contribution >= 4 is 6.29 Å². The van der Waals surface area contributed by atoms with Crippen molar-refractivity contribution in [3.63, 3.8) is 0 Å². The van der Waals surface area contributed by atoms with Crippen molar-refractivity contribution in [3.05, 3.63) is 53.6 Å². The van der Waals surface area contributed by atoms with Crippen molar-refractivity contribution in [1.29, 1.82) is 0 Å². The number of carbonyl (C=O) groups is 1. The number of halogens is 2. The predicted octanol–water partition coefficient (Wildman–Crippen LogP) is 3.15. The van der Waals surface area contributed by atoms with Crippen LogP contribution in [0.4, 0.5) is 8.78 Å². The zero-order chi connectivity index (χ0) is 12.4. The molecule has 2 aromatic rings. The Hall–Kier alpha value is -2.23. The van der Waals surface area contributed by atoms with Crippen LogP contribution in [0.3, 0.4) is 0 Å². The molecule has 0 spiro atoms. The molecule has 0 amide bonds. The van der Waals surface area contributed by atoms with Gasteiger partial charge in [-0.25, -0.2) is 8.78 Å². The van der Waals surface area contributed by atoms with Crippen molar-refractivity contribution < 1.29 is 18.7 Å². The highest BCUT2D eigenvalue weighted by Crippen LogP contribution is 2.31. The lowest BCUT2D eigenvalue weighted by Gasteiger charge is -2.06. The number of hydrogen-bond donors (Lipinski definition) is 1. The maximum absolute atomic E-state index is 13.6. The monoisotopic (exact) mass is 234 g/mol. The van der Waals surface area contributed by atoms with Crippen LogP contribution in [0.15, 0.2) is 36.4 Å². The zero-order valence-corrected chi connectivity index (χ0v) is 8.65. The van der Waals surface area contributed by atoms with Crippen molar-refractivity contribution in [2.24, 2.45) is 0 Å². The molecular weight excluding hydrogens is 226 g/mol. The molecule has 0 aliphatic heterocycles. The molecule has 0 aliphatic rings. The predicted molar refractivity (Wildman–Crippen MR) is 58.8 cm³/mol. The summed E-state index contributed by atoms with van der Waals surface area (Å²) in [6.45, 7) is 0. The fourth-order valence-corrected chi connectivity index (χ4v) is 1.55. The first-order chi connectivity index (χ1) is 8.11. The normalized spacial score (nSPS) is 10.2. The molecule has 0 atom stereocenters. The van der Waals surface area contributed by atoms with Gasteiger partial charge in [0.1, 0.15) is 23.7 Å². The topological polar surface area (TPSA) is 37.3 Å². The number of phenolic OH excluding ortho intramolecular Hbond substituents is 1. The third-order valence-corrected chi connectivity index (χ3v) is 2.38. The number of hydrogen-bond acceptors (Lipinski definition) is 2. The van der Waals surface area contributed by atoms with E-state index in [1.807, 2.05) is 0 Å². The molecule has 2 nitrogen and oxygen atoms in total. The summed E-state index contributed by atoms with van der Waals surface area (Å²) in [5.74, 6) is -1.46. The summed E-state index contributed by atoms with van der Waals surface area (Å²) in [6, 6.07) is 6.89. The van der Waals surface area contributed by atoms with E-state index >= 15 is 0 Å². The second-order valence-corrected chi connectivity index (χ2v) is 3.52. The molecule has 0 bridgehead atoms. The molecule has 86 valence electrons. The first-order valence-corrected chi connectivity index (χ1v) is 4.85. The molecule has 0 fully saturated rings. The standard InChI is InChI=1S/C13H8F2O2/c14-9-2-4-13(17)11(6-9)10-5-8(7-16)1-3-12(10)15/h1-7,17H. The Labute approximate surface area is 96.1 Å². The van der Waals surface area contributed by atoms with Crippen LogP contribution in [-0.4, -0.2) is 11.4 Å². The van der Waals surface area contributed by atoms with Crippen LogP contribution >= 0.6 is 0 Å². The van der Waals surface area contributed by atoms with E-state index in [1.165, 1.54) is 12.1 Å². The van der Waals surface area contributed by atoms with Gasteiger partial charge in [-0.2, -0.15) is 0 Å². The van der Waals surface area contributed by atoms with Gasteiger partial charge in [0.25, 0.3) is 0 Å². The Morgan fingerprint density at radius 2 is 1.76 bits per heavy atom. The smallest absolute Gasteiger partial charge is 0.150 e. The van der Waals surface area contributed by atoms with Gasteiger partial charge in [-0.3, -0.25) is 4.79 Å². The van der Waals surface area contributed by atoms with Gasteiger partial charge in [-0.1, -0.05) is 0 Å². The minimum absolute atomic E-state index is 0.00778. The van der Waals surface area contributed by atoms with E-state index in [4.69, 9.17) is 0 Å². The lowest BCUT2D eigenvalue weighted by atomic mass is 10.0. The number of phenols is 1. The summed E-state index contributed by atoms with van der Waals surface area (Å²) in [5, 5.41) is 9.55. The highest BCUT2D eigenvalue weighted by Gasteiger charge is 2.11. The van der Waals surface area contributed by atoms with Crippen LogP contribution in [-0.2, 0) is 0 Å². The molecule has 0 aromatic heterocycles. The highest BCUT2D eigenvalue weighted by atomic mass is 19.1. The van der Waals surface area contributed by atoms with Crippen LogP contribution in [0.5, 0.6) is 5.75 Å². The lowest BCUT2D eigenvalue weighted by Crippen LogP contribution is -1.89. The van der Waals surface area contributed by atoms with Crippen LogP contribution in [0, 0.1) is 11.6 Å². The van der Waals surface area contributed by atoms with Crippen LogP contribution in [0.1, 0.15) is 10.4 Å². The first kappa shape index (κ1) is 11.3. The van der Waals surface area contributed by atoms with Crippen molar-refractivity contribution in [2.75, 3.05) is 0 Å². The van der Waals surface area contributed by atoms with Gasteiger partial charge in [0.2, 0.25) is 0 Å². The largest absolute Gasteiger partial charge is 0.507 e. The van der Waals surface area contributed by atoms with Crippen molar-refractivity contribution in [3.8, 4) is 16.9 Å².